The van der Waals surface area contributed by atoms with Gasteiger partial charge in [0.05, 0.1) is 11.4 Å². The number of anilines is 1. The van der Waals surface area contributed by atoms with E-state index in [0.717, 1.165) is 15.4 Å². The topological polar surface area (TPSA) is 95.6 Å². The monoisotopic (exact) mass is 389 g/mol. The van der Waals surface area contributed by atoms with Gasteiger partial charge in [-0.05, 0) is 42.3 Å². The molecule has 7 nitrogen and oxygen atoms in total. The number of nitrogens with zero attached hydrogens (tertiary/aromatic N) is 1. The first-order valence-electron chi connectivity index (χ1n) is 8.35. The molecule has 144 valence electrons. The molecule has 2 aromatic rings. The Bertz CT molecular complexity index is 924. The van der Waals surface area contributed by atoms with Gasteiger partial charge in [0.1, 0.15) is 0 Å². The van der Waals surface area contributed by atoms with Crippen LogP contribution in [0.1, 0.15) is 18.1 Å². The molecular weight excluding hydrogens is 366 g/mol. The summed E-state index contributed by atoms with van der Waals surface area (Å²) in [6.07, 6.45) is 0. The van der Waals surface area contributed by atoms with Crippen LogP contribution in [0.5, 0.6) is 0 Å². The van der Waals surface area contributed by atoms with E-state index in [0.29, 0.717) is 12.2 Å². The minimum Gasteiger partial charge on any atom is -0.351 e. The minimum atomic E-state index is -3.81. The molecule has 0 spiro atoms. The highest BCUT2D eigenvalue weighted by Gasteiger charge is 2.22. The van der Waals surface area contributed by atoms with E-state index in [9.17, 15) is 18.0 Å². The zero-order chi connectivity index (χ0) is 20.0. The first-order chi connectivity index (χ1) is 12.7. The van der Waals surface area contributed by atoms with Gasteiger partial charge in [0, 0.05) is 26.2 Å². The molecule has 0 saturated heterocycles. The number of amides is 2. The molecule has 2 aromatic carbocycles. The highest BCUT2D eigenvalue weighted by Crippen LogP contribution is 2.17. The molecule has 8 heteroatoms. The number of carbonyl (C=O) groups excluding carboxylic acids is 2. The zero-order valence-electron chi connectivity index (χ0n) is 15.5. The Morgan fingerprint density at radius 3 is 2.26 bits per heavy atom. The highest BCUT2D eigenvalue weighted by atomic mass is 32.2. The molecule has 0 unspecified atom stereocenters. The van der Waals surface area contributed by atoms with E-state index in [-0.39, 0.29) is 23.3 Å². The number of rotatable bonds is 7. The normalized spacial score (nSPS) is 11.3. The number of hydrogen-bond donors (Lipinski definition) is 2. The van der Waals surface area contributed by atoms with Crippen LogP contribution in [0.3, 0.4) is 0 Å². The standard InChI is InChI=1S/C19H23N3O4S/c1-14-6-4-5-7-16(14)12-20-19(24)13-22(3)27(25,26)18-10-8-17(9-11-18)21-15(2)23/h4-11H,12-13H2,1-3H3,(H,20,24)(H,21,23). The Morgan fingerprint density at radius 2 is 1.67 bits per heavy atom. The van der Waals surface area contributed by atoms with Gasteiger partial charge < -0.3 is 10.6 Å². The maximum absolute atomic E-state index is 12.6. The van der Waals surface area contributed by atoms with Crippen molar-refractivity contribution in [3.8, 4) is 0 Å². The van der Waals surface area contributed by atoms with Gasteiger partial charge in [-0.25, -0.2) is 8.42 Å². The van der Waals surface area contributed by atoms with E-state index in [4.69, 9.17) is 0 Å². The Labute approximate surface area is 159 Å². The van der Waals surface area contributed by atoms with Crippen molar-refractivity contribution >= 4 is 27.5 Å². The van der Waals surface area contributed by atoms with Crippen molar-refractivity contribution in [3.63, 3.8) is 0 Å². The molecule has 2 amide bonds. The van der Waals surface area contributed by atoms with E-state index in [2.05, 4.69) is 10.6 Å². The number of sulfonamides is 1. The molecule has 0 bridgehead atoms. The Kier molecular flexibility index (Phi) is 6.70. The van der Waals surface area contributed by atoms with Crippen molar-refractivity contribution in [1.82, 2.24) is 9.62 Å². The smallest absolute Gasteiger partial charge is 0.243 e. The van der Waals surface area contributed by atoms with Crippen LogP contribution < -0.4 is 10.6 Å². The van der Waals surface area contributed by atoms with Crippen LogP contribution in [-0.4, -0.2) is 38.1 Å². The number of nitrogens with one attached hydrogen (secondary N) is 2. The van der Waals surface area contributed by atoms with Gasteiger partial charge in [0.2, 0.25) is 21.8 Å². The third kappa shape index (κ3) is 5.63. The number of aryl methyl sites for hydroxylation is 1. The van der Waals surface area contributed by atoms with Gasteiger partial charge in [-0.2, -0.15) is 4.31 Å². The van der Waals surface area contributed by atoms with Crippen molar-refractivity contribution in [2.45, 2.75) is 25.3 Å². The van der Waals surface area contributed by atoms with Crippen LogP contribution in [0.25, 0.3) is 0 Å². The van der Waals surface area contributed by atoms with Gasteiger partial charge in [-0.1, -0.05) is 24.3 Å². The molecule has 0 heterocycles. The molecule has 0 aromatic heterocycles. The fourth-order valence-electron chi connectivity index (χ4n) is 2.44. The fourth-order valence-corrected chi connectivity index (χ4v) is 3.57. The maximum atomic E-state index is 12.6. The van der Waals surface area contributed by atoms with Crippen LogP contribution in [-0.2, 0) is 26.2 Å². The first-order valence-corrected chi connectivity index (χ1v) is 9.79. The first kappa shape index (κ1) is 20.6. The molecule has 0 aliphatic rings. The molecule has 0 fully saturated rings. The SMILES string of the molecule is CC(=O)Nc1ccc(S(=O)(=O)N(C)CC(=O)NCc2ccccc2C)cc1. The lowest BCUT2D eigenvalue weighted by Crippen LogP contribution is -2.38. The average molecular weight is 389 g/mol. The second-order valence-electron chi connectivity index (χ2n) is 6.17. The lowest BCUT2D eigenvalue weighted by Gasteiger charge is -2.17. The summed E-state index contributed by atoms with van der Waals surface area (Å²) in [5, 5.41) is 5.30. The summed E-state index contributed by atoms with van der Waals surface area (Å²) in [6.45, 7) is 3.36. The van der Waals surface area contributed by atoms with E-state index >= 15 is 0 Å². The van der Waals surface area contributed by atoms with Crippen molar-refractivity contribution < 1.29 is 18.0 Å². The third-order valence-corrected chi connectivity index (χ3v) is 5.80. The van der Waals surface area contributed by atoms with Crippen LogP contribution in [0, 0.1) is 6.92 Å². The van der Waals surface area contributed by atoms with Crippen LogP contribution in [0.2, 0.25) is 0 Å². The number of benzene rings is 2. The molecule has 27 heavy (non-hydrogen) atoms. The number of likely N-dealkylation sites (N-methyl/N-ethyl adjacent to an activating group) is 1. The van der Waals surface area contributed by atoms with Crippen molar-refractivity contribution in [2.75, 3.05) is 18.9 Å². The quantitative estimate of drug-likeness (QED) is 0.756. The lowest BCUT2D eigenvalue weighted by molar-refractivity contribution is -0.121. The predicted octanol–water partition coefficient (Wildman–Crippen LogP) is 1.89. The third-order valence-electron chi connectivity index (χ3n) is 3.99. The molecule has 2 rings (SSSR count). The Hall–Kier alpha value is -2.71. The summed E-state index contributed by atoms with van der Waals surface area (Å²) < 4.78 is 26.2. The summed E-state index contributed by atoms with van der Waals surface area (Å²) in [4.78, 5) is 23.2. The van der Waals surface area contributed by atoms with Crippen molar-refractivity contribution in [2.24, 2.45) is 0 Å². The van der Waals surface area contributed by atoms with Gasteiger partial charge in [0.25, 0.3) is 0 Å². The lowest BCUT2D eigenvalue weighted by atomic mass is 10.1. The largest absolute Gasteiger partial charge is 0.351 e. The second kappa shape index (κ2) is 8.79. The number of hydrogen-bond acceptors (Lipinski definition) is 4. The van der Waals surface area contributed by atoms with Gasteiger partial charge in [0.15, 0.2) is 0 Å². The highest BCUT2D eigenvalue weighted by molar-refractivity contribution is 7.89. The molecular formula is C19H23N3O4S. The molecule has 0 saturated carbocycles. The summed E-state index contributed by atoms with van der Waals surface area (Å²) in [5.41, 5.74) is 2.53. The van der Waals surface area contributed by atoms with Crippen LogP contribution >= 0.6 is 0 Å². The fraction of sp³-hybridized carbons (Fsp3) is 0.263. The summed E-state index contributed by atoms with van der Waals surface area (Å²) in [6, 6.07) is 13.4. The van der Waals surface area contributed by atoms with Crippen LogP contribution in [0.4, 0.5) is 5.69 Å². The molecule has 0 aliphatic carbocycles. The summed E-state index contributed by atoms with van der Waals surface area (Å²) in [5.74, 6) is -0.632. The van der Waals surface area contributed by atoms with Crippen LogP contribution in [0.15, 0.2) is 53.4 Å². The van der Waals surface area contributed by atoms with Gasteiger partial charge in [-0.15, -0.1) is 0 Å². The molecule has 2 N–H and O–H groups in total. The van der Waals surface area contributed by atoms with E-state index in [1.54, 1.807) is 0 Å². The van der Waals surface area contributed by atoms with Crippen molar-refractivity contribution in [1.29, 1.82) is 0 Å². The van der Waals surface area contributed by atoms with E-state index in [1.165, 1.54) is 38.2 Å². The van der Waals surface area contributed by atoms with E-state index < -0.39 is 10.0 Å². The number of carbonyl (C=O) groups is 2. The molecule has 0 aliphatic heterocycles. The Morgan fingerprint density at radius 1 is 1.04 bits per heavy atom. The van der Waals surface area contributed by atoms with Gasteiger partial charge in [-0.3, -0.25) is 9.59 Å². The minimum absolute atomic E-state index is 0.0470. The predicted molar refractivity (Wildman–Crippen MR) is 104 cm³/mol. The maximum Gasteiger partial charge on any atom is 0.243 e. The molecule has 0 radical (unpaired) electrons. The van der Waals surface area contributed by atoms with Crippen molar-refractivity contribution in [3.05, 3.63) is 59.7 Å². The Balaban J connectivity index is 1.98. The van der Waals surface area contributed by atoms with Gasteiger partial charge >= 0.3 is 0 Å². The summed E-state index contributed by atoms with van der Waals surface area (Å²) in [7, 11) is -2.46. The van der Waals surface area contributed by atoms with E-state index in [1.807, 2.05) is 31.2 Å². The zero-order valence-corrected chi connectivity index (χ0v) is 16.3. The molecule has 0 atom stereocenters. The second-order valence-corrected chi connectivity index (χ2v) is 8.21. The average Bonchev–Trinajstić information content (AvgIpc) is 2.61. The summed E-state index contributed by atoms with van der Waals surface area (Å²) >= 11 is 0.